The number of pyridine rings is 1. The SMILES string of the molecule is CC(C)NS(=O)(=O)c1ccc(-c2sc(-c3nnc(CC(C)(C)C(=O)O)o3)nc2CC2CCCCC2)c2ccncc12. The molecule has 218 valence electrons. The molecular formula is C29H35N5O5S2. The largest absolute Gasteiger partial charge is 0.481 e. The second-order valence-electron chi connectivity index (χ2n) is 11.7. The van der Waals surface area contributed by atoms with Crippen molar-refractivity contribution < 1.29 is 22.7 Å². The molecule has 4 aromatic rings. The average Bonchev–Trinajstić information content (AvgIpc) is 3.54. The minimum Gasteiger partial charge on any atom is -0.481 e. The van der Waals surface area contributed by atoms with Crippen LogP contribution in [0.1, 0.15) is 71.4 Å². The lowest BCUT2D eigenvalue weighted by molar-refractivity contribution is -0.147. The van der Waals surface area contributed by atoms with Gasteiger partial charge >= 0.3 is 5.97 Å². The maximum absolute atomic E-state index is 13.2. The van der Waals surface area contributed by atoms with E-state index < -0.39 is 21.4 Å². The highest BCUT2D eigenvalue weighted by Gasteiger charge is 2.31. The van der Waals surface area contributed by atoms with Crippen LogP contribution in [-0.2, 0) is 27.7 Å². The number of carboxylic acids is 1. The number of hydrogen-bond donors (Lipinski definition) is 2. The quantitative estimate of drug-likeness (QED) is 0.229. The third-order valence-electron chi connectivity index (χ3n) is 7.43. The smallest absolute Gasteiger partial charge is 0.309 e. The predicted octanol–water partition coefficient (Wildman–Crippen LogP) is 5.87. The molecule has 3 aromatic heterocycles. The number of aliphatic carboxylic acids is 1. The Labute approximate surface area is 243 Å². The first-order valence-electron chi connectivity index (χ1n) is 13.9. The van der Waals surface area contributed by atoms with Crippen LogP contribution in [0.25, 0.3) is 32.1 Å². The second-order valence-corrected chi connectivity index (χ2v) is 14.4. The highest BCUT2D eigenvalue weighted by Crippen LogP contribution is 2.42. The van der Waals surface area contributed by atoms with Crippen molar-refractivity contribution in [1.29, 1.82) is 0 Å². The minimum atomic E-state index is -3.75. The predicted molar refractivity (Wildman–Crippen MR) is 157 cm³/mol. The minimum absolute atomic E-state index is 0.0977. The molecule has 12 heteroatoms. The van der Waals surface area contributed by atoms with Crippen molar-refractivity contribution in [3.05, 3.63) is 42.2 Å². The number of hydrogen-bond acceptors (Lipinski definition) is 9. The molecule has 0 atom stereocenters. The van der Waals surface area contributed by atoms with Gasteiger partial charge in [-0.25, -0.2) is 18.1 Å². The van der Waals surface area contributed by atoms with Crippen LogP contribution in [0.15, 0.2) is 39.9 Å². The molecule has 41 heavy (non-hydrogen) atoms. The van der Waals surface area contributed by atoms with Crippen molar-refractivity contribution in [2.24, 2.45) is 11.3 Å². The second kappa shape index (κ2) is 11.6. The number of sulfonamides is 1. The molecule has 1 aliphatic carbocycles. The average molecular weight is 598 g/mol. The van der Waals surface area contributed by atoms with Crippen LogP contribution in [0.2, 0.25) is 0 Å². The summed E-state index contributed by atoms with van der Waals surface area (Å²) in [5.74, 6) is 0.0456. The van der Waals surface area contributed by atoms with Gasteiger partial charge in [-0.2, -0.15) is 0 Å². The third-order valence-corrected chi connectivity index (χ3v) is 10.3. The van der Waals surface area contributed by atoms with Gasteiger partial charge in [0.05, 0.1) is 20.9 Å². The van der Waals surface area contributed by atoms with Crippen molar-refractivity contribution in [2.45, 2.75) is 83.6 Å². The molecule has 0 unspecified atom stereocenters. The van der Waals surface area contributed by atoms with E-state index in [4.69, 9.17) is 9.40 Å². The Hall–Kier alpha value is -3.22. The zero-order valence-corrected chi connectivity index (χ0v) is 25.3. The molecule has 1 aromatic carbocycles. The van der Waals surface area contributed by atoms with E-state index in [2.05, 4.69) is 19.9 Å². The highest BCUT2D eigenvalue weighted by atomic mass is 32.2. The Morgan fingerprint density at radius 2 is 1.90 bits per heavy atom. The fourth-order valence-corrected chi connectivity index (χ4v) is 7.79. The molecule has 0 radical (unpaired) electrons. The fraction of sp³-hybridized carbons (Fsp3) is 0.483. The summed E-state index contributed by atoms with van der Waals surface area (Å²) >= 11 is 1.42. The van der Waals surface area contributed by atoms with Crippen LogP contribution < -0.4 is 4.72 Å². The molecule has 0 bridgehead atoms. The summed E-state index contributed by atoms with van der Waals surface area (Å²) < 4.78 is 34.9. The first kappa shape index (κ1) is 29.3. The number of nitrogens with one attached hydrogen (secondary N) is 1. The van der Waals surface area contributed by atoms with Gasteiger partial charge < -0.3 is 9.52 Å². The van der Waals surface area contributed by atoms with Gasteiger partial charge in [0.1, 0.15) is 0 Å². The number of aromatic nitrogens is 4. The summed E-state index contributed by atoms with van der Waals surface area (Å²) in [6.07, 6.45) is 10.1. The lowest BCUT2D eigenvalue weighted by atomic mass is 9.85. The Morgan fingerprint density at radius 3 is 2.61 bits per heavy atom. The van der Waals surface area contributed by atoms with Crippen molar-refractivity contribution in [3.63, 3.8) is 0 Å². The van der Waals surface area contributed by atoms with E-state index >= 15 is 0 Å². The highest BCUT2D eigenvalue weighted by molar-refractivity contribution is 7.89. The monoisotopic (exact) mass is 597 g/mol. The normalized spacial score (nSPS) is 15.1. The maximum Gasteiger partial charge on any atom is 0.309 e. The molecule has 1 aliphatic rings. The molecule has 2 N–H and O–H groups in total. The summed E-state index contributed by atoms with van der Waals surface area (Å²) in [6.45, 7) is 6.80. The maximum atomic E-state index is 13.2. The molecule has 0 saturated heterocycles. The Bertz CT molecular complexity index is 1670. The van der Waals surface area contributed by atoms with E-state index in [0.717, 1.165) is 40.8 Å². The van der Waals surface area contributed by atoms with Crippen LogP contribution in [-0.4, -0.2) is 45.7 Å². The zero-order valence-electron chi connectivity index (χ0n) is 23.7. The molecule has 5 rings (SSSR count). The summed E-state index contributed by atoms with van der Waals surface area (Å²) in [7, 11) is -3.75. The number of rotatable bonds is 10. The van der Waals surface area contributed by atoms with Gasteiger partial charge in [-0.05, 0) is 57.6 Å². The van der Waals surface area contributed by atoms with Crippen molar-refractivity contribution in [1.82, 2.24) is 24.9 Å². The Balaban J connectivity index is 1.60. The third kappa shape index (κ3) is 6.34. The van der Waals surface area contributed by atoms with Crippen LogP contribution >= 0.6 is 11.3 Å². The van der Waals surface area contributed by atoms with Gasteiger partial charge in [0, 0.05) is 35.8 Å². The Morgan fingerprint density at radius 1 is 1.15 bits per heavy atom. The first-order chi connectivity index (χ1) is 19.4. The van der Waals surface area contributed by atoms with E-state index in [1.807, 2.05) is 12.1 Å². The van der Waals surface area contributed by atoms with Crippen LogP contribution in [0.5, 0.6) is 0 Å². The number of carboxylic acid groups (broad SMARTS) is 1. The molecule has 10 nitrogen and oxygen atoms in total. The van der Waals surface area contributed by atoms with Crippen LogP contribution in [0.4, 0.5) is 0 Å². The number of nitrogens with zero attached hydrogens (tertiary/aromatic N) is 4. The van der Waals surface area contributed by atoms with E-state index in [0.29, 0.717) is 16.3 Å². The summed E-state index contributed by atoms with van der Waals surface area (Å²) in [4.78, 5) is 21.9. The van der Waals surface area contributed by atoms with Crippen molar-refractivity contribution >= 4 is 38.1 Å². The van der Waals surface area contributed by atoms with Crippen LogP contribution in [0.3, 0.4) is 0 Å². The van der Waals surface area contributed by atoms with Gasteiger partial charge in [-0.15, -0.1) is 21.5 Å². The van der Waals surface area contributed by atoms with Gasteiger partial charge in [0.2, 0.25) is 15.9 Å². The molecule has 0 spiro atoms. The lowest BCUT2D eigenvalue weighted by Gasteiger charge is -2.21. The molecule has 1 saturated carbocycles. The number of benzene rings is 1. The summed E-state index contributed by atoms with van der Waals surface area (Å²) in [6, 6.07) is 5.06. The van der Waals surface area contributed by atoms with E-state index in [-0.39, 0.29) is 29.1 Å². The van der Waals surface area contributed by atoms with Gasteiger partial charge in [0.15, 0.2) is 5.01 Å². The van der Waals surface area contributed by atoms with Crippen LogP contribution in [0, 0.1) is 11.3 Å². The molecule has 1 fully saturated rings. The van der Waals surface area contributed by atoms with Gasteiger partial charge in [-0.1, -0.05) is 38.2 Å². The standard InChI is InChI=1S/C29H35N5O5S2/c1-17(2)34-41(37,38)23-11-10-20(19-12-13-30-16-21(19)23)25-22(14-18-8-6-5-7-9-18)31-27(40-25)26-33-32-24(39-26)15-29(3,4)28(35)36/h10-13,16-18,34H,5-9,14-15H2,1-4H3,(H,35,36). The topological polar surface area (TPSA) is 148 Å². The van der Waals surface area contributed by atoms with E-state index in [1.165, 1.54) is 30.6 Å². The molecule has 0 aliphatic heterocycles. The molecular weight excluding hydrogens is 562 g/mol. The van der Waals surface area contributed by atoms with E-state index in [1.54, 1.807) is 46.2 Å². The summed E-state index contributed by atoms with van der Waals surface area (Å²) in [5, 5.41) is 19.7. The zero-order chi connectivity index (χ0) is 29.4. The first-order valence-corrected chi connectivity index (χ1v) is 16.2. The Kier molecular flexibility index (Phi) is 8.27. The summed E-state index contributed by atoms with van der Waals surface area (Å²) in [5.41, 5.74) is 0.729. The number of carbonyl (C=O) groups is 1. The molecule has 0 amide bonds. The number of fused-ring (bicyclic) bond motifs is 1. The fourth-order valence-electron chi connectivity index (χ4n) is 5.29. The number of thiazole rings is 1. The van der Waals surface area contributed by atoms with Gasteiger partial charge in [0.25, 0.3) is 5.89 Å². The van der Waals surface area contributed by atoms with E-state index in [9.17, 15) is 18.3 Å². The van der Waals surface area contributed by atoms with Crippen molar-refractivity contribution in [2.75, 3.05) is 0 Å². The molecule has 3 heterocycles. The van der Waals surface area contributed by atoms with Crippen molar-refractivity contribution in [3.8, 4) is 21.3 Å². The lowest BCUT2D eigenvalue weighted by Crippen LogP contribution is -2.30. The van der Waals surface area contributed by atoms with Gasteiger partial charge in [-0.3, -0.25) is 9.78 Å².